The Morgan fingerprint density at radius 2 is 1.17 bits per heavy atom. The van der Waals surface area contributed by atoms with Gasteiger partial charge in [-0.25, -0.2) is 0 Å². The van der Waals surface area contributed by atoms with Crippen LogP contribution in [0.5, 0.6) is 46.0 Å². The third-order valence-electron chi connectivity index (χ3n) is 13.6. The first-order valence-electron chi connectivity index (χ1n) is 23.1. The third kappa shape index (κ3) is 8.66. The van der Waals surface area contributed by atoms with Crippen LogP contribution in [-0.4, -0.2) is 82.2 Å². The Bertz CT molecular complexity index is 2840. The largest absolute Gasteiger partial charge is 0.508 e. The van der Waals surface area contributed by atoms with Crippen molar-refractivity contribution in [2.45, 2.75) is 58.3 Å². The number of allylic oxidation sites excluding steroid dienone is 2. The Balaban J connectivity index is 1.07. The Kier molecular flexibility index (Phi) is 11.9. The Morgan fingerprint density at radius 1 is 0.561 bits per heavy atom. The predicted molar refractivity (Wildman–Crippen MR) is 258 cm³/mol. The number of hydrogen-bond acceptors (Lipinski definition) is 10. The molecule has 10 nitrogen and oxygen atoms in total. The highest BCUT2D eigenvalue weighted by Gasteiger charge is 2.33. The first kappa shape index (κ1) is 43.0. The summed E-state index contributed by atoms with van der Waals surface area (Å²) in [5, 5.41) is 43.6. The zero-order valence-electron chi connectivity index (χ0n) is 37.7. The van der Waals surface area contributed by atoms with Gasteiger partial charge in [0.1, 0.15) is 71.4 Å². The quantitative estimate of drug-likeness (QED) is 0.0891. The number of rotatable bonds is 13. The van der Waals surface area contributed by atoms with Crippen molar-refractivity contribution in [1.82, 2.24) is 9.80 Å². The summed E-state index contributed by atoms with van der Waals surface area (Å²) in [6, 6.07) is 37.5. The average Bonchev–Trinajstić information content (AvgIpc) is 3.82. The first-order valence-corrected chi connectivity index (χ1v) is 23.1. The van der Waals surface area contributed by atoms with E-state index in [1.54, 1.807) is 60.7 Å². The number of fused-ring (bicyclic) bond motifs is 2. The van der Waals surface area contributed by atoms with E-state index in [0.29, 0.717) is 36.5 Å². The molecule has 4 aliphatic rings. The van der Waals surface area contributed by atoms with Gasteiger partial charge < -0.3 is 39.4 Å². The SMILES string of the molecule is CC1=C(c2cc(O)cc(-c3cc(C4Oc5ccc(O)cc5C(C)=C4c4cccc(O)c4)ccc3OCCN3CCCC3)c2)C(c2ccc(OCC(C)N3CCC3)cc2)Oc2ccc(O)cc21. The molecule has 3 unspecified atom stereocenters. The van der Waals surface area contributed by atoms with Crippen LogP contribution in [0, 0.1) is 0 Å². The summed E-state index contributed by atoms with van der Waals surface area (Å²) in [5.74, 6) is 3.18. The van der Waals surface area contributed by atoms with Gasteiger partial charge >= 0.3 is 0 Å². The van der Waals surface area contributed by atoms with Crippen LogP contribution in [0.1, 0.15) is 85.6 Å². The second-order valence-electron chi connectivity index (χ2n) is 18.0. The molecule has 2 fully saturated rings. The van der Waals surface area contributed by atoms with Gasteiger partial charge in [0.25, 0.3) is 0 Å². The highest BCUT2D eigenvalue weighted by molar-refractivity contribution is 5.98. The number of phenols is 4. The second kappa shape index (κ2) is 18.2. The van der Waals surface area contributed by atoms with E-state index >= 15 is 0 Å². The summed E-state index contributed by atoms with van der Waals surface area (Å²) < 4.78 is 26.6. The molecule has 0 amide bonds. The minimum atomic E-state index is -0.603. The highest BCUT2D eigenvalue weighted by atomic mass is 16.5. The fourth-order valence-corrected chi connectivity index (χ4v) is 9.88. The summed E-state index contributed by atoms with van der Waals surface area (Å²) in [4.78, 5) is 4.84. The van der Waals surface area contributed by atoms with E-state index in [-0.39, 0.29) is 23.0 Å². The standard InChI is InChI=1S/C56H56N2O8/c1-34(58-22-7-23-58)33-64-46-15-10-37(11-16-46)55-54(36(3)48-32-44(61)13-18-51(48)65-55)41-26-40(28-45(62)29-41)49-30-39(12-17-50(49)63-25-24-57-20-4-5-21-57)56-53(38-8-6-9-42(59)27-38)35(2)47-31-43(60)14-19-52(47)66-56/h6,8-19,26-32,34,55-56,59-62H,4-5,7,20-25,33H2,1-3H3. The van der Waals surface area contributed by atoms with E-state index in [4.69, 9.17) is 18.9 Å². The number of hydrogen-bond donors (Lipinski definition) is 4. The number of likely N-dealkylation sites (tertiary alicyclic amines) is 2. The molecule has 0 spiro atoms. The number of nitrogens with zero attached hydrogens (tertiary/aromatic N) is 2. The minimum Gasteiger partial charge on any atom is -0.508 e. The van der Waals surface area contributed by atoms with E-state index in [1.165, 1.54) is 19.3 Å². The van der Waals surface area contributed by atoms with Crippen molar-refractivity contribution in [2.24, 2.45) is 0 Å². The lowest BCUT2D eigenvalue weighted by Gasteiger charge is -2.36. The molecule has 4 heterocycles. The molecular weight excluding hydrogens is 829 g/mol. The zero-order chi connectivity index (χ0) is 45.5. The third-order valence-corrected chi connectivity index (χ3v) is 13.6. The molecule has 338 valence electrons. The van der Waals surface area contributed by atoms with Crippen LogP contribution < -0.4 is 18.9 Å². The molecule has 4 N–H and O–H groups in total. The normalized spacial score (nSPS) is 18.8. The van der Waals surface area contributed by atoms with Gasteiger partial charge in [0.2, 0.25) is 0 Å². The fraction of sp³-hybridized carbons (Fsp3) is 0.286. The smallest absolute Gasteiger partial charge is 0.150 e. The van der Waals surface area contributed by atoms with Crippen molar-refractivity contribution in [3.8, 4) is 57.1 Å². The number of aromatic hydroxyl groups is 4. The Labute approximate surface area is 386 Å². The maximum absolute atomic E-state index is 11.7. The van der Waals surface area contributed by atoms with Crippen LogP contribution in [0.4, 0.5) is 0 Å². The second-order valence-corrected chi connectivity index (χ2v) is 18.0. The van der Waals surface area contributed by atoms with Crippen molar-refractivity contribution in [3.63, 3.8) is 0 Å². The van der Waals surface area contributed by atoms with Gasteiger partial charge in [0, 0.05) is 40.4 Å². The van der Waals surface area contributed by atoms with Crippen molar-refractivity contribution in [1.29, 1.82) is 0 Å². The van der Waals surface area contributed by atoms with E-state index in [1.807, 2.05) is 62.4 Å². The molecule has 10 rings (SSSR count). The van der Waals surface area contributed by atoms with Crippen molar-refractivity contribution >= 4 is 22.3 Å². The van der Waals surface area contributed by atoms with Crippen LogP contribution in [0.25, 0.3) is 33.4 Å². The lowest BCUT2D eigenvalue weighted by atomic mass is 9.84. The Morgan fingerprint density at radius 3 is 1.82 bits per heavy atom. The minimum absolute atomic E-state index is 0.0654. The maximum atomic E-state index is 11.7. The van der Waals surface area contributed by atoms with Gasteiger partial charge in [-0.1, -0.05) is 30.3 Å². The molecular formula is C56H56N2O8. The predicted octanol–water partition coefficient (Wildman–Crippen LogP) is 11.3. The summed E-state index contributed by atoms with van der Waals surface area (Å²) >= 11 is 0. The van der Waals surface area contributed by atoms with Gasteiger partial charge in [-0.05, 0) is 196 Å². The molecule has 0 bridgehead atoms. The van der Waals surface area contributed by atoms with Crippen molar-refractivity contribution < 1.29 is 39.4 Å². The van der Waals surface area contributed by atoms with Crippen molar-refractivity contribution in [2.75, 3.05) is 45.9 Å². The number of ether oxygens (including phenoxy) is 4. The topological polar surface area (TPSA) is 124 Å². The molecule has 4 aliphatic heterocycles. The fourth-order valence-electron chi connectivity index (χ4n) is 9.88. The van der Waals surface area contributed by atoms with Gasteiger partial charge in [-0.2, -0.15) is 0 Å². The molecule has 0 aliphatic carbocycles. The van der Waals surface area contributed by atoms with Crippen LogP contribution >= 0.6 is 0 Å². The van der Waals surface area contributed by atoms with Crippen LogP contribution in [0.15, 0.2) is 121 Å². The lowest BCUT2D eigenvalue weighted by molar-refractivity contribution is 0.0901. The molecule has 6 aromatic rings. The number of phenolic OH excluding ortho intramolecular Hbond substituents is 4. The molecule has 0 aromatic heterocycles. The molecule has 0 radical (unpaired) electrons. The molecule has 6 aromatic carbocycles. The maximum Gasteiger partial charge on any atom is 0.150 e. The van der Waals surface area contributed by atoms with E-state index in [2.05, 4.69) is 28.9 Å². The summed E-state index contributed by atoms with van der Waals surface area (Å²) in [6.07, 6.45) is 2.45. The van der Waals surface area contributed by atoms with Gasteiger partial charge in [0.05, 0.1) is 0 Å². The van der Waals surface area contributed by atoms with Crippen LogP contribution in [0.3, 0.4) is 0 Å². The number of benzene rings is 6. The highest BCUT2D eigenvalue weighted by Crippen LogP contribution is 2.51. The van der Waals surface area contributed by atoms with Gasteiger partial charge in [0.15, 0.2) is 0 Å². The van der Waals surface area contributed by atoms with Gasteiger partial charge in [-0.15, -0.1) is 0 Å². The summed E-state index contributed by atoms with van der Waals surface area (Å²) in [7, 11) is 0. The molecule has 2 saturated heterocycles. The lowest BCUT2D eigenvalue weighted by Crippen LogP contribution is -2.46. The molecule has 66 heavy (non-hydrogen) atoms. The molecule has 3 atom stereocenters. The Hall–Kier alpha value is -6.88. The monoisotopic (exact) mass is 884 g/mol. The summed E-state index contributed by atoms with van der Waals surface area (Å²) in [5.41, 5.74) is 9.81. The zero-order valence-corrected chi connectivity index (χ0v) is 37.7. The summed E-state index contributed by atoms with van der Waals surface area (Å²) in [6.45, 7) is 12.5. The molecule has 10 heteroatoms. The van der Waals surface area contributed by atoms with E-state index in [0.717, 1.165) is 105 Å². The van der Waals surface area contributed by atoms with E-state index in [9.17, 15) is 20.4 Å². The van der Waals surface area contributed by atoms with Gasteiger partial charge in [-0.3, -0.25) is 9.80 Å². The molecule has 0 saturated carbocycles. The van der Waals surface area contributed by atoms with E-state index < -0.39 is 12.2 Å². The average molecular weight is 885 g/mol. The van der Waals surface area contributed by atoms with Crippen LogP contribution in [0.2, 0.25) is 0 Å². The first-order chi connectivity index (χ1) is 32.1. The van der Waals surface area contributed by atoms with Crippen LogP contribution in [-0.2, 0) is 0 Å². The van der Waals surface area contributed by atoms with Crippen molar-refractivity contribution in [3.05, 3.63) is 155 Å².